The third-order valence-corrected chi connectivity index (χ3v) is 13.1. The van der Waals surface area contributed by atoms with Crippen LogP contribution in [-0.2, 0) is 21.0 Å². The number of allylic oxidation sites excluding steroid dienone is 1. The van der Waals surface area contributed by atoms with E-state index in [1.165, 1.54) is 0 Å². The Morgan fingerprint density at radius 1 is 0.887 bits per heavy atom. The minimum Gasteiger partial charge on any atom is -0.459 e. The van der Waals surface area contributed by atoms with Crippen LogP contribution in [0.25, 0.3) is 11.1 Å². The molecule has 1 heterocycles. The van der Waals surface area contributed by atoms with Gasteiger partial charge >= 0.3 is 0 Å². The van der Waals surface area contributed by atoms with Crippen molar-refractivity contribution in [1.82, 2.24) is 4.90 Å². The van der Waals surface area contributed by atoms with Crippen molar-refractivity contribution in [2.45, 2.75) is 95.5 Å². The SMILES string of the molecule is C=CCOC12Oc3ccc(Oc4ccc(-c5ccccc5)cc4)cc3C3C(CCCCO)C(CCCCO)C=C(C(=NOCc4ccccc4)CC1N(CCC)C(=O)C1CC1)C32. The average Bonchev–Trinajstić information content (AvgIpc) is 4.16. The molecule has 2 N–H and O–H groups in total. The topological polar surface area (TPSA) is 110 Å². The quantitative estimate of drug-likeness (QED) is 0.0488. The summed E-state index contributed by atoms with van der Waals surface area (Å²) in [5, 5.41) is 24.9. The lowest BCUT2D eigenvalue weighted by Gasteiger charge is -2.60. The molecule has 8 rings (SSSR count). The van der Waals surface area contributed by atoms with Gasteiger partial charge in [0.25, 0.3) is 0 Å². The summed E-state index contributed by atoms with van der Waals surface area (Å²) in [6.45, 7) is 7.54. The van der Waals surface area contributed by atoms with Crippen LogP contribution in [0.2, 0.25) is 0 Å². The number of fused-ring (bicyclic) bond motifs is 2. The number of benzene rings is 4. The molecule has 6 atom stereocenters. The molecule has 326 valence electrons. The largest absolute Gasteiger partial charge is 0.459 e. The Labute approximate surface area is 367 Å². The summed E-state index contributed by atoms with van der Waals surface area (Å²) in [4.78, 5) is 22.8. The molecule has 4 aromatic rings. The van der Waals surface area contributed by atoms with Crippen LogP contribution in [0.4, 0.5) is 0 Å². The van der Waals surface area contributed by atoms with Crippen LogP contribution in [0.15, 0.2) is 133 Å². The third kappa shape index (κ3) is 9.41. The number of oxime groups is 1. The highest BCUT2D eigenvalue weighted by Crippen LogP contribution is 2.62. The van der Waals surface area contributed by atoms with Gasteiger partial charge in [-0.15, -0.1) is 6.58 Å². The maximum Gasteiger partial charge on any atom is 0.239 e. The molecule has 3 aliphatic carbocycles. The number of carbonyl (C=O) groups excluding carboxylic acids is 1. The molecule has 0 aromatic heterocycles. The fourth-order valence-electron chi connectivity index (χ4n) is 10.2. The molecule has 0 bridgehead atoms. The number of amides is 1. The molecule has 0 saturated heterocycles. The number of aliphatic hydroxyl groups excluding tert-OH is 2. The van der Waals surface area contributed by atoms with Crippen molar-refractivity contribution >= 4 is 11.6 Å². The smallest absolute Gasteiger partial charge is 0.239 e. The molecule has 1 aliphatic heterocycles. The lowest BCUT2D eigenvalue weighted by molar-refractivity contribution is -0.257. The summed E-state index contributed by atoms with van der Waals surface area (Å²) in [5.41, 5.74) is 6.13. The molecule has 4 aliphatic rings. The number of hydrogen-bond acceptors (Lipinski definition) is 8. The van der Waals surface area contributed by atoms with Gasteiger partial charge in [-0.05, 0) is 109 Å². The molecular weight excluding hydrogens is 777 g/mol. The van der Waals surface area contributed by atoms with Crippen molar-refractivity contribution in [3.63, 3.8) is 0 Å². The van der Waals surface area contributed by atoms with Crippen molar-refractivity contribution in [1.29, 1.82) is 0 Å². The molecule has 1 amide bonds. The van der Waals surface area contributed by atoms with E-state index in [0.29, 0.717) is 43.9 Å². The number of nitrogens with zero attached hydrogens (tertiary/aromatic N) is 2. The molecular formula is C53H62N2O7. The van der Waals surface area contributed by atoms with Crippen molar-refractivity contribution in [3.8, 4) is 28.4 Å². The lowest BCUT2D eigenvalue weighted by Crippen LogP contribution is -2.70. The van der Waals surface area contributed by atoms with Crippen LogP contribution < -0.4 is 9.47 Å². The predicted octanol–water partition coefficient (Wildman–Crippen LogP) is 10.6. The Morgan fingerprint density at radius 2 is 1.58 bits per heavy atom. The zero-order valence-electron chi connectivity index (χ0n) is 36.1. The number of unbranched alkanes of at least 4 members (excludes halogenated alkanes) is 2. The second-order valence-electron chi connectivity index (χ2n) is 17.3. The van der Waals surface area contributed by atoms with Crippen LogP contribution >= 0.6 is 0 Å². The molecule has 0 spiro atoms. The Balaban J connectivity index is 1.27. The van der Waals surface area contributed by atoms with E-state index in [2.05, 4.69) is 49.9 Å². The Hall–Kier alpha value is -5.22. The number of rotatable bonds is 21. The van der Waals surface area contributed by atoms with E-state index in [-0.39, 0.29) is 55.3 Å². The number of hydrogen-bond donors (Lipinski definition) is 2. The van der Waals surface area contributed by atoms with Gasteiger partial charge in [-0.2, -0.15) is 0 Å². The van der Waals surface area contributed by atoms with Gasteiger partial charge in [-0.25, -0.2) is 0 Å². The minimum atomic E-state index is -1.27. The van der Waals surface area contributed by atoms with Gasteiger partial charge < -0.3 is 34.2 Å². The minimum absolute atomic E-state index is 0.00806. The maximum absolute atomic E-state index is 14.5. The lowest BCUT2D eigenvalue weighted by atomic mass is 9.55. The first-order valence-electron chi connectivity index (χ1n) is 22.9. The monoisotopic (exact) mass is 838 g/mol. The molecule has 4 aromatic carbocycles. The first-order chi connectivity index (χ1) is 30.5. The fourth-order valence-corrected chi connectivity index (χ4v) is 10.2. The zero-order chi connectivity index (χ0) is 42.9. The van der Waals surface area contributed by atoms with E-state index in [4.69, 9.17) is 24.2 Å². The molecule has 2 saturated carbocycles. The van der Waals surface area contributed by atoms with Crippen LogP contribution in [0.3, 0.4) is 0 Å². The summed E-state index contributed by atoms with van der Waals surface area (Å²) < 4.78 is 21.2. The molecule has 9 nitrogen and oxygen atoms in total. The van der Waals surface area contributed by atoms with Gasteiger partial charge in [0.1, 0.15) is 29.9 Å². The van der Waals surface area contributed by atoms with E-state index in [1.54, 1.807) is 6.08 Å². The molecule has 6 unspecified atom stereocenters. The van der Waals surface area contributed by atoms with E-state index < -0.39 is 11.8 Å². The molecule has 2 fully saturated rings. The van der Waals surface area contributed by atoms with Crippen LogP contribution in [0.5, 0.6) is 17.2 Å². The Bertz CT molecular complexity index is 2170. The van der Waals surface area contributed by atoms with Crippen molar-refractivity contribution in [2.24, 2.45) is 28.8 Å². The van der Waals surface area contributed by atoms with Crippen LogP contribution in [0.1, 0.15) is 88.2 Å². The first kappa shape index (κ1) is 43.4. The summed E-state index contributed by atoms with van der Waals surface area (Å²) in [6.07, 6.45) is 12.0. The van der Waals surface area contributed by atoms with Crippen molar-refractivity contribution in [2.75, 3.05) is 26.4 Å². The zero-order valence-corrected chi connectivity index (χ0v) is 36.1. The Kier molecular flexibility index (Phi) is 14.2. The van der Waals surface area contributed by atoms with Crippen molar-refractivity contribution < 1.29 is 34.1 Å². The van der Waals surface area contributed by atoms with E-state index in [0.717, 1.165) is 84.2 Å². The van der Waals surface area contributed by atoms with Gasteiger partial charge in [0.15, 0.2) is 0 Å². The highest BCUT2D eigenvalue weighted by molar-refractivity contribution is 6.03. The Morgan fingerprint density at radius 3 is 2.27 bits per heavy atom. The first-order valence-corrected chi connectivity index (χ1v) is 22.9. The third-order valence-electron chi connectivity index (χ3n) is 13.1. The van der Waals surface area contributed by atoms with Crippen molar-refractivity contribution in [3.05, 3.63) is 139 Å². The molecule has 9 heteroatoms. The molecule has 62 heavy (non-hydrogen) atoms. The van der Waals surface area contributed by atoms with Gasteiger partial charge in [0.05, 0.1) is 18.2 Å². The number of aliphatic hydroxyl groups is 2. The summed E-state index contributed by atoms with van der Waals surface area (Å²) in [6, 6.07) is 34.1. The van der Waals surface area contributed by atoms with Crippen LogP contribution in [0, 0.1) is 23.7 Å². The van der Waals surface area contributed by atoms with Gasteiger partial charge in [0.2, 0.25) is 11.7 Å². The highest BCUT2D eigenvalue weighted by atomic mass is 16.7. The summed E-state index contributed by atoms with van der Waals surface area (Å²) in [7, 11) is 0. The van der Waals surface area contributed by atoms with Crippen LogP contribution in [-0.4, -0.2) is 64.9 Å². The number of ether oxygens (including phenoxy) is 3. The van der Waals surface area contributed by atoms with E-state index >= 15 is 0 Å². The van der Waals surface area contributed by atoms with E-state index in [9.17, 15) is 15.0 Å². The normalized spacial score (nSPS) is 24.3. The maximum atomic E-state index is 14.5. The predicted molar refractivity (Wildman–Crippen MR) is 243 cm³/mol. The van der Waals surface area contributed by atoms with Gasteiger partial charge in [-0.3, -0.25) is 4.79 Å². The standard InChI is InChI=1S/C53H62N2O7/c1-3-29-55(52(58)40-21-22-40)49-35-47(54-60-36-37-15-7-5-8-16-37)45-33-41(19-11-13-30-56)44(20-12-14-31-57)50-46-34-43(27-28-48(46)62-53(49,51(45)50)59-32-4-2)61-42-25-23-39(24-26-42)38-17-9-6-10-18-38/h4-10,15-18,23-28,33-34,40-41,44,49-51,56-57H,2-3,11-14,19-22,29-32,35-36H2,1H3. The van der Waals surface area contributed by atoms with E-state index in [1.807, 2.05) is 77.7 Å². The number of carbonyl (C=O) groups is 1. The molecule has 0 radical (unpaired) electrons. The second-order valence-corrected chi connectivity index (χ2v) is 17.3. The summed E-state index contributed by atoms with van der Waals surface area (Å²) >= 11 is 0. The summed E-state index contributed by atoms with van der Waals surface area (Å²) in [5.74, 6) is 0.754. The highest BCUT2D eigenvalue weighted by Gasteiger charge is 2.65. The van der Waals surface area contributed by atoms with Gasteiger partial charge in [-0.1, -0.05) is 110 Å². The fraction of sp³-hybridized carbons (Fsp3) is 0.434. The van der Waals surface area contributed by atoms with Gasteiger partial charge in [0, 0.05) is 43.6 Å². The second kappa shape index (κ2) is 20.3. The average molecular weight is 839 g/mol.